The second-order valence-corrected chi connectivity index (χ2v) is 7.07. The Morgan fingerprint density at radius 3 is 2.80 bits per heavy atom. The smallest absolute Gasteiger partial charge is 0.185 e. The lowest BCUT2D eigenvalue weighted by Crippen LogP contribution is -2.36. The number of morpholine rings is 1. The molecule has 0 saturated carbocycles. The Hall–Kier alpha value is -1.73. The molecule has 0 atom stereocenters. The topological polar surface area (TPSA) is 48.8 Å². The molecule has 5 nitrogen and oxygen atoms in total. The van der Waals surface area contributed by atoms with Crippen LogP contribution in [-0.4, -0.2) is 61.0 Å². The summed E-state index contributed by atoms with van der Waals surface area (Å²) in [4.78, 5) is 10.3. The molecule has 3 rings (SSSR count). The second kappa shape index (κ2) is 9.68. The first-order valence-corrected chi connectivity index (χ1v) is 9.49. The summed E-state index contributed by atoms with van der Waals surface area (Å²) >= 11 is 1.74. The molecular formula is C19H25N3O2S. The predicted octanol–water partition coefficient (Wildman–Crippen LogP) is 2.49. The average Bonchev–Trinajstić information content (AvgIpc) is 3.12. The van der Waals surface area contributed by atoms with Crippen LogP contribution < -0.4 is 4.90 Å². The summed E-state index contributed by atoms with van der Waals surface area (Å²) in [7, 11) is 0. The van der Waals surface area contributed by atoms with Crippen molar-refractivity contribution < 1.29 is 9.84 Å². The van der Waals surface area contributed by atoms with Crippen molar-refractivity contribution in [1.29, 1.82) is 0 Å². The van der Waals surface area contributed by atoms with E-state index in [1.165, 1.54) is 10.4 Å². The van der Waals surface area contributed by atoms with Gasteiger partial charge in [-0.1, -0.05) is 42.5 Å². The molecule has 1 saturated heterocycles. The molecule has 0 bridgehead atoms. The summed E-state index contributed by atoms with van der Waals surface area (Å²) in [5.41, 5.74) is 1.19. The van der Waals surface area contributed by atoms with Gasteiger partial charge in [0, 0.05) is 43.8 Å². The van der Waals surface area contributed by atoms with Crippen LogP contribution in [0.15, 0.2) is 42.6 Å². The van der Waals surface area contributed by atoms with Crippen LogP contribution in [0.1, 0.15) is 10.4 Å². The second-order valence-electron chi connectivity index (χ2n) is 5.98. The molecule has 1 aliphatic heterocycles. The van der Waals surface area contributed by atoms with E-state index in [4.69, 9.17) is 4.74 Å². The van der Waals surface area contributed by atoms with Gasteiger partial charge in [-0.05, 0) is 5.56 Å². The van der Waals surface area contributed by atoms with E-state index in [2.05, 4.69) is 39.1 Å². The molecule has 0 spiro atoms. The molecule has 2 aromatic rings. The van der Waals surface area contributed by atoms with E-state index >= 15 is 0 Å². The van der Waals surface area contributed by atoms with E-state index in [1.807, 2.05) is 24.4 Å². The number of anilines is 1. The molecule has 0 unspecified atom stereocenters. The lowest BCUT2D eigenvalue weighted by molar-refractivity contribution is 0.122. The first-order valence-electron chi connectivity index (χ1n) is 8.67. The molecule has 1 fully saturated rings. The average molecular weight is 359 g/mol. The highest BCUT2D eigenvalue weighted by molar-refractivity contribution is 7.15. The number of rotatable bonds is 8. The first kappa shape index (κ1) is 18.1. The van der Waals surface area contributed by atoms with Crippen molar-refractivity contribution in [1.82, 2.24) is 9.88 Å². The molecule has 6 heteroatoms. The Morgan fingerprint density at radius 2 is 2.04 bits per heavy atom. The number of ether oxygens (including phenoxy) is 1. The summed E-state index contributed by atoms with van der Waals surface area (Å²) < 4.78 is 5.40. The zero-order valence-electron chi connectivity index (χ0n) is 14.4. The van der Waals surface area contributed by atoms with Gasteiger partial charge in [0.1, 0.15) is 0 Å². The van der Waals surface area contributed by atoms with E-state index in [-0.39, 0.29) is 6.61 Å². The highest BCUT2D eigenvalue weighted by Gasteiger charge is 2.15. The van der Waals surface area contributed by atoms with Crippen molar-refractivity contribution >= 4 is 22.5 Å². The fourth-order valence-electron chi connectivity index (χ4n) is 2.77. The number of hydrogen-bond donors (Lipinski definition) is 1. The number of aromatic nitrogens is 1. The molecule has 25 heavy (non-hydrogen) atoms. The van der Waals surface area contributed by atoms with Gasteiger partial charge in [-0.25, -0.2) is 4.98 Å². The zero-order chi connectivity index (χ0) is 17.3. The van der Waals surface area contributed by atoms with Crippen LogP contribution in [0.5, 0.6) is 0 Å². The van der Waals surface area contributed by atoms with Gasteiger partial charge in [-0.2, -0.15) is 0 Å². The number of hydrogen-bond acceptors (Lipinski definition) is 6. The summed E-state index contributed by atoms with van der Waals surface area (Å²) in [5, 5.41) is 10.4. The third-order valence-corrected chi connectivity index (χ3v) is 5.14. The number of benzene rings is 1. The number of aliphatic hydroxyl groups is 1. The van der Waals surface area contributed by atoms with Crippen molar-refractivity contribution in [3.63, 3.8) is 0 Å². The van der Waals surface area contributed by atoms with Gasteiger partial charge in [0.15, 0.2) is 5.13 Å². The van der Waals surface area contributed by atoms with Crippen molar-refractivity contribution in [3.05, 3.63) is 53.0 Å². The van der Waals surface area contributed by atoms with E-state index in [9.17, 15) is 5.11 Å². The minimum Gasteiger partial charge on any atom is -0.395 e. The van der Waals surface area contributed by atoms with Gasteiger partial charge < -0.3 is 14.7 Å². The molecular weight excluding hydrogens is 334 g/mol. The van der Waals surface area contributed by atoms with Crippen LogP contribution in [0.3, 0.4) is 0 Å². The maximum Gasteiger partial charge on any atom is 0.185 e. The lowest BCUT2D eigenvalue weighted by Gasteiger charge is -2.26. The molecule has 1 aromatic heterocycles. The van der Waals surface area contributed by atoms with Crippen LogP contribution in [0.25, 0.3) is 6.08 Å². The van der Waals surface area contributed by atoms with Crippen LogP contribution in [0.4, 0.5) is 5.13 Å². The molecule has 0 radical (unpaired) electrons. The molecule has 1 aromatic carbocycles. The fraction of sp³-hybridized carbons (Fsp3) is 0.421. The Balaban J connectivity index is 1.56. The Labute approximate surface area is 153 Å². The van der Waals surface area contributed by atoms with E-state index in [0.717, 1.165) is 44.5 Å². The fourth-order valence-corrected chi connectivity index (χ4v) is 3.77. The Bertz CT molecular complexity index is 654. The molecule has 1 N–H and O–H groups in total. The van der Waals surface area contributed by atoms with Crippen molar-refractivity contribution in [3.8, 4) is 0 Å². The highest BCUT2D eigenvalue weighted by atomic mass is 32.1. The van der Waals surface area contributed by atoms with Gasteiger partial charge >= 0.3 is 0 Å². The normalized spacial score (nSPS) is 15.4. The third kappa shape index (κ3) is 5.64. The van der Waals surface area contributed by atoms with Gasteiger partial charge in [-0.3, -0.25) is 4.90 Å². The maximum atomic E-state index is 9.34. The molecule has 134 valence electrons. The van der Waals surface area contributed by atoms with Crippen LogP contribution in [-0.2, 0) is 11.3 Å². The Kier molecular flexibility index (Phi) is 6.99. The van der Waals surface area contributed by atoms with Gasteiger partial charge in [0.2, 0.25) is 0 Å². The maximum absolute atomic E-state index is 9.34. The van der Waals surface area contributed by atoms with E-state index in [1.54, 1.807) is 11.3 Å². The van der Waals surface area contributed by atoms with Gasteiger partial charge in [-0.15, -0.1) is 11.3 Å². The molecule has 0 aliphatic carbocycles. The third-order valence-electron chi connectivity index (χ3n) is 4.09. The molecule has 2 heterocycles. The first-order chi connectivity index (χ1) is 12.3. The van der Waals surface area contributed by atoms with Crippen LogP contribution in [0.2, 0.25) is 0 Å². The van der Waals surface area contributed by atoms with Crippen molar-refractivity contribution in [2.24, 2.45) is 0 Å². The standard InChI is InChI=1S/C19H25N3O2S/c23-12-9-21(8-4-7-17-5-2-1-3-6-17)16-18-15-20-19(25-18)22-10-13-24-14-11-22/h1-7,15,23H,8-14,16H2/b7-4+. The summed E-state index contributed by atoms with van der Waals surface area (Å²) in [6.07, 6.45) is 6.23. The largest absolute Gasteiger partial charge is 0.395 e. The Morgan fingerprint density at radius 1 is 1.24 bits per heavy atom. The SMILES string of the molecule is OCCN(C/C=C/c1ccccc1)Cc1cnc(N2CCOCC2)s1. The van der Waals surface area contributed by atoms with Crippen molar-refractivity contribution in [2.45, 2.75) is 6.54 Å². The van der Waals surface area contributed by atoms with Crippen LogP contribution in [0, 0.1) is 0 Å². The number of nitrogens with zero attached hydrogens (tertiary/aromatic N) is 3. The van der Waals surface area contributed by atoms with Gasteiger partial charge in [0.25, 0.3) is 0 Å². The van der Waals surface area contributed by atoms with Crippen LogP contribution >= 0.6 is 11.3 Å². The quantitative estimate of drug-likeness (QED) is 0.785. The zero-order valence-corrected chi connectivity index (χ0v) is 15.2. The monoisotopic (exact) mass is 359 g/mol. The number of aliphatic hydroxyl groups excluding tert-OH is 1. The van der Waals surface area contributed by atoms with E-state index in [0.29, 0.717) is 6.54 Å². The highest BCUT2D eigenvalue weighted by Crippen LogP contribution is 2.24. The summed E-state index contributed by atoms with van der Waals surface area (Å²) in [6.45, 7) is 5.80. The molecule has 0 amide bonds. The predicted molar refractivity (Wildman–Crippen MR) is 103 cm³/mol. The number of thiazole rings is 1. The summed E-state index contributed by atoms with van der Waals surface area (Å²) in [5.74, 6) is 0. The molecule has 1 aliphatic rings. The summed E-state index contributed by atoms with van der Waals surface area (Å²) in [6, 6.07) is 10.3. The minimum absolute atomic E-state index is 0.161. The van der Waals surface area contributed by atoms with Crippen molar-refractivity contribution in [2.75, 3.05) is 50.9 Å². The lowest BCUT2D eigenvalue weighted by atomic mass is 10.2. The van der Waals surface area contributed by atoms with E-state index < -0.39 is 0 Å². The minimum atomic E-state index is 0.161. The van der Waals surface area contributed by atoms with Gasteiger partial charge in [0.05, 0.1) is 19.8 Å².